The Morgan fingerprint density at radius 2 is 2.31 bits per heavy atom. The third-order valence-corrected chi connectivity index (χ3v) is 4.14. The van der Waals surface area contributed by atoms with Gasteiger partial charge in [-0.15, -0.1) is 0 Å². The number of hydrogen-bond donors (Lipinski definition) is 1. The molecular formula is C13H18N2O. The van der Waals surface area contributed by atoms with Crippen LogP contribution in [-0.2, 0) is 0 Å². The average Bonchev–Trinajstić information content (AvgIpc) is 2.90. The van der Waals surface area contributed by atoms with E-state index >= 15 is 0 Å². The largest absolute Gasteiger partial charge is 0.489 e. The van der Waals surface area contributed by atoms with Crippen LogP contribution in [0.3, 0.4) is 0 Å². The molecule has 86 valence electrons. The second-order valence-corrected chi connectivity index (χ2v) is 5.13. The highest BCUT2D eigenvalue weighted by Crippen LogP contribution is 2.48. The molecule has 1 aromatic rings. The monoisotopic (exact) mass is 218 g/mol. The van der Waals surface area contributed by atoms with Crippen molar-refractivity contribution < 1.29 is 4.74 Å². The number of ether oxygens (including phenoxy) is 1. The molecule has 3 atom stereocenters. The molecule has 2 aliphatic rings. The molecule has 0 saturated heterocycles. The summed E-state index contributed by atoms with van der Waals surface area (Å²) < 4.78 is 5.79. The van der Waals surface area contributed by atoms with Crippen molar-refractivity contribution in [3.05, 3.63) is 18.3 Å². The summed E-state index contributed by atoms with van der Waals surface area (Å²) >= 11 is 0. The summed E-state index contributed by atoms with van der Waals surface area (Å²) in [4.78, 5) is 4.03. The van der Waals surface area contributed by atoms with E-state index in [9.17, 15) is 0 Å². The molecule has 16 heavy (non-hydrogen) atoms. The lowest BCUT2D eigenvalue weighted by molar-refractivity contribution is 0.195. The Balaban J connectivity index is 1.59. The van der Waals surface area contributed by atoms with Gasteiger partial charge in [-0.05, 0) is 49.1 Å². The molecule has 0 aliphatic heterocycles. The Hall–Kier alpha value is -1.25. The fraction of sp³-hybridized carbons (Fsp3) is 0.615. The standard InChI is InChI=1S/C13H18N2O/c14-13-12(2-1-5-15-13)16-8-11-7-9-3-4-10(11)6-9/h1-2,5,9-11H,3-4,6-8H2,(H2,14,15). The number of nitrogens with two attached hydrogens (primary N) is 1. The van der Waals surface area contributed by atoms with E-state index in [1.807, 2.05) is 12.1 Å². The summed E-state index contributed by atoms with van der Waals surface area (Å²) in [6.45, 7) is 0.817. The summed E-state index contributed by atoms with van der Waals surface area (Å²) in [5.41, 5.74) is 5.75. The van der Waals surface area contributed by atoms with Gasteiger partial charge in [0.2, 0.25) is 0 Å². The molecule has 2 saturated carbocycles. The van der Waals surface area contributed by atoms with E-state index in [0.717, 1.165) is 30.1 Å². The van der Waals surface area contributed by atoms with Crippen LogP contribution in [0.5, 0.6) is 5.75 Å². The van der Waals surface area contributed by atoms with Crippen molar-refractivity contribution in [2.24, 2.45) is 17.8 Å². The molecule has 0 spiro atoms. The van der Waals surface area contributed by atoms with Crippen molar-refractivity contribution in [2.45, 2.75) is 25.7 Å². The minimum atomic E-state index is 0.505. The first-order chi connectivity index (χ1) is 7.83. The minimum absolute atomic E-state index is 0.505. The molecule has 0 radical (unpaired) electrons. The highest BCUT2D eigenvalue weighted by molar-refractivity contribution is 5.44. The number of pyridine rings is 1. The van der Waals surface area contributed by atoms with E-state index in [2.05, 4.69) is 4.98 Å². The van der Waals surface area contributed by atoms with Crippen molar-refractivity contribution in [3.8, 4) is 5.75 Å². The van der Waals surface area contributed by atoms with Crippen molar-refractivity contribution >= 4 is 5.82 Å². The zero-order valence-electron chi connectivity index (χ0n) is 9.43. The molecule has 0 amide bonds. The topological polar surface area (TPSA) is 48.1 Å². The van der Waals surface area contributed by atoms with E-state index in [1.165, 1.54) is 25.7 Å². The van der Waals surface area contributed by atoms with Gasteiger partial charge in [-0.3, -0.25) is 0 Å². The minimum Gasteiger partial charge on any atom is -0.489 e. The van der Waals surface area contributed by atoms with Crippen LogP contribution in [0.4, 0.5) is 5.82 Å². The zero-order chi connectivity index (χ0) is 11.0. The van der Waals surface area contributed by atoms with Crippen LogP contribution in [-0.4, -0.2) is 11.6 Å². The maximum Gasteiger partial charge on any atom is 0.166 e. The number of rotatable bonds is 3. The van der Waals surface area contributed by atoms with Crippen LogP contribution < -0.4 is 10.5 Å². The van der Waals surface area contributed by atoms with E-state index < -0.39 is 0 Å². The normalized spacial score (nSPS) is 31.9. The highest BCUT2D eigenvalue weighted by Gasteiger charge is 2.39. The van der Waals surface area contributed by atoms with Crippen LogP contribution in [0.25, 0.3) is 0 Å². The van der Waals surface area contributed by atoms with Gasteiger partial charge < -0.3 is 10.5 Å². The number of nitrogen functional groups attached to an aromatic ring is 1. The molecule has 3 nitrogen and oxygen atoms in total. The third-order valence-electron chi connectivity index (χ3n) is 4.14. The van der Waals surface area contributed by atoms with Crippen molar-refractivity contribution in [1.82, 2.24) is 4.98 Å². The predicted octanol–water partition coefficient (Wildman–Crippen LogP) is 2.48. The summed E-state index contributed by atoms with van der Waals surface area (Å²) in [6.07, 6.45) is 7.32. The third kappa shape index (κ3) is 1.75. The second kappa shape index (κ2) is 3.96. The number of aromatic nitrogens is 1. The lowest BCUT2D eigenvalue weighted by Crippen LogP contribution is -2.18. The van der Waals surface area contributed by atoms with E-state index in [-0.39, 0.29) is 0 Å². The number of fused-ring (bicyclic) bond motifs is 2. The zero-order valence-corrected chi connectivity index (χ0v) is 9.43. The van der Waals surface area contributed by atoms with Gasteiger partial charge in [0.25, 0.3) is 0 Å². The first-order valence-electron chi connectivity index (χ1n) is 6.16. The molecule has 1 heterocycles. The highest BCUT2D eigenvalue weighted by atomic mass is 16.5. The Kier molecular flexibility index (Phi) is 2.46. The molecule has 3 heteroatoms. The summed E-state index contributed by atoms with van der Waals surface area (Å²) in [5, 5.41) is 0. The molecule has 1 aromatic heterocycles. The molecule has 2 fully saturated rings. The van der Waals surface area contributed by atoms with Crippen LogP contribution >= 0.6 is 0 Å². The van der Waals surface area contributed by atoms with Crippen molar-refractivity contribution in [1.29, 1.82) is 0 Å². The molecule has 3 rings (SSSR count). The van der Waals surface area contributed by atoms with E-state index in [0.29, 0.717) is 5.82 Å². The van der Waals surface area contributed by atoms with Gasteiger partial charge in [0.15, 0.2) is 11.6 Å². The van der Waals surface area contributed by atoms with Crippen LogP contribution in [0.2, 0.25) is 0 Å². The van der Waals surface area contributed by atoms with E-state index in [4.69, 9.17) is 10.5 Å². The SMILES string of the molecule is Nc1ncccc1OCC1CC2CCC1C2. The fourth-order valence-corrected chi connectivity index (χ4v) is 3.30. The van der Waals surface area contributed by atoms with Crippen molar-refractivity contribution in [2.75, 3.05) is 12.3 Å². The smallest absolute Gasteiger partial charge is 0.166 e. The predicted molar refractivity (Wildman–Crippen MR) is 63.1 cm³/mol. The lowest BCUT2D eigenvalue weighted by atomic mass is 9.89. The summed E-state index contributed by atoms with van der Waals surface area (Å²) in [6, 6.07) is 3.77. The lowest BCUT2D eigenvalue weighted by Gasteiger charge is -2.21. The van der Waals surface area contributed by atoms with E-state index in [1.54, 1.807) is 6.20 Å². The number of nitrogens with zero attached hydrogens (tertiary/aromatic N) is 1. The molecular weight excluding hydrogens is 200 g/mol. The number of anilines is 1. The van der Waals surface area contributed by atoms with Crippen LogP contribution in [0, 0.1) is 17.8 Å². The first kappa shape index (κ1) is 9.94. The molecule has 3 unspecified atom stereocenters. The Morgan fingerprint density at radius 3 is 3.00 bits per heavy atom. The molecule has 2 bridgehead atoms. The maximum atomic E-state index is 5.79. The van der Waals surface area contributed by atoms with Crippen molar-refractivity contribution in [3.63, 3.8) is 0 Å². The van der Waals surface area contributed by atoms with Gasteiger partial charge in [0, 0.05) is 6.20 Å². The second-order valence-electron chi connectivity index (χ2n) is 5.13. The quantitative estimate of drug-likeness (QED) is 0.847. The van der Waals surface area contributed by atoms with Gasteiger partial charge in [-0.2, -0.15) is 0 Å². The number of hydrogen-bond acceptors (Lipinski definition) is 3. The van der Waals surface area contributed by atoms with Gasteiger partial charge >= 0.3 is 0 Å². The first-order valence-corrected chi connectivity index (χ1v) is 6.16. The molecule has 2 N–H and O–H groups in total. The van der Waals surface area contributed by atoms with Gasteiger partial charge in [0.1, 0.15) is 0 Å². The summed E-state index contributed by atoms with van der Waals surface area (Å²) in [5.74, 6) is 3.88. The van der Waals surface area contributed by atoms with Crippen LogP contribution in [0.1, 0.15) is 25.7 Å². The molecule has 2 aliphatic carbocycles. The Labute approximate surface area is 96.0 Å². The Bertz CT molecular complexity index is 380. The van der Waals surface area contributed by atoms with Gasteiger partial charge in [-0.25, -0.2) is 4.98 Å². The maximum absolute atomic E-state index is 5.79. The van der Waals surface area contributed by atoms with Gasteiger partial charge in [-0.1, -0.05) is 6.42 Å². The van der Waals surface area contributed by atoms with Gasteiger partial charge in [0.05, 0.1) is 6.61 Å². The Morgan fingerprint density at radius 1 is 1.38 bits per heavy atom. The van der Waals surface area contributed by atoms with Crippen LogP contribution in [0.15, 0.2) is 18.3 Å². The molecule has 0 aromatic carbocycles. The average molecular weight is 218 g/mol. The summed E-state index contributed by atoms with van der Waals surface area (Å²) in [7, 11) is 0. The fourth-order valence-electron chi connectivity index (χ4n) is 3.30.